The second-order valence-electron chi connectivity index (χ2n) is 6.29. The van der Waals surface area contributed by atoms with Gasteiger partial charge in [-0.3, -0.25) is 4.79 Å². The third kappa shape index (κ3) is 4.17. The predicted molar refractivity (Wildman–Crippen MR) is 93.0 cm³/mol. The molecule has 3 rings (SSSR count). The second kappa shape index (κ2) is 7.66. The Balaban J connectivity index is 1.64. The molecule has 0 radical (unpaired) electrons. The zero-order valence-corrected chi connectivity index (χ0v) is 14.4. The Hall–Kier alpha value is -2.40. The predicted octanol–water partition coefficient (Wildman–Crippen LogP) is 3.44. The summed E-state index contributed by atoms with van der Waals surface area (Å²) in [5, 5.41) is 3.07. The van der Waals surface area contributed by atoms with Crippen molar-refractivity contribution in [3.63, 3.8) is 0 Å². The minimum atomic E-state index is -0.259. The first-order valence-electron chi connectivity index (χ1n) is 8.31. The van der Waals surface area contributed by atoms with Crippen LogP contribution < -0.4 is 10.1 Å². The van der Waals surface area contributed by atoms with Gasteiger partial charge in [0.2, 0.25) is 5.91 Å². The van der Waals surface area contributed by atoms with E-state index in [1.165, 1.54) is 12.1 Å². The van der Waals surface area contributed by atoms with Gasteiger partial charge in [0, 0.05) is 13.0 Å². The molecule has 0 saturated heterocycles. The topological polar surface area (TPSA) is 47.6 Å². The molecule has 2 aromatic rings. The van der Waals surface area contributed by atoms with Crippen LogP contribution in [0.3, 0.4) is 0 Å². The molecule has 1 amide bonds. The summed E-state index contributed by atoms with van der Waals surface area (Å²) in [6.07, 6.45) is 0.791. The van der Waals surface area contributed by atoms with Gasteiger partial charge in [-0.25, -0.2) is 4.39 Å². The van der Waals surface area contributed by atoms with Gasteiger partial charge in [-0.15, -0.1) is 0 Å². The number of hydrogen-bond donors (Lipinski definition) is 1. The first kappa shape index (κ1) is 17.4. The van der Waals surface area contributed by atoms with Crippen molar-refractivity contribution in [3.05, 3.63) is 65.5 Å². The van der Waals surface area contributed by atoms with Crippen LogP contribution in [-0.4, -0.2) is 26.7 Å². The number of amides is 1. The molecule has 3 unspecified atom stereocenters. The number of ether oxygens (including phenoxy) is 2. The summed E-state index contributed by atoms with van der Waals surface area (Å²) in [6, 6.07) is 13.7. The SMILES string of the molecule is COCC(NC(=O)C1CC1c1ccc(F)cc1)c1ccc(OC)cc1. The highest BCUT2D eigenvalue weighted by atomic mass is 19.1. The molecule has 1 fully saturated rings. The van der Waals surface area contributed by atoms with E-state index < -0.39 is 0 Å². The van der Waals surface area contributed by atoms with Gasteiger partial charge in [0.15, 0.2) is 0 Å². The van der Waals surface area contributed by atoms with Gasteiger partial charge in [-0.05, 0) is 47.7 Å². The van der Waals surface area contributed by atoms with Crippen LogP contribution in [0.4, 0.5) is 4.39 Å². The molecule has 0 spiro atoms. The van der Waals surface area contributed by atoms with Gasteiger partial charge in [-0.2, -0.15) is 0 Å². The molecular weight excluding hydrogens is 321 g/mol. The molecule has 1 aliphatic rings. The van der Waals surface area contributed by atoms with E-state index in [1.54, 1.807) is 26.4 Å². The second-order valence-corrected chi connectivity index (χ2v) is 6.29. The van der Waals surface area contributed by atoms with E-state index in [1.807, 2.05) is 24.3 Å². The minimum absolute atomic E-state index is 0.00666. The fourth-order valence-corrected chi connectivity index (χ4v) is 3.07. The number of hydrogen-bond acceptors (Lipinski definition) is 3. The van der Waals surface area contributed by atoms with Crippen LogP contribution in [0, 0.1) is 11.7 Å². The molecule has 5 heteroatoms. The average molecular weight is 343 g/mol. The molecule has 1 aliphatic carbocycles. The van der Waals surface area contributed by atoms with Crippen molar-refractivity contribution in [1.29, 1.82) is 0 Å². The monoisotopic (exact) mass is 343 g/mol. The van der Waals surface area contributed by atoms with E-state index >= 15 is 0 Å². The Kier molecular flexibility index (Phi) is 5.34. The van der Waals surface area contributed by atoms with E-state index in [2.05, 4.69) is 5.32 Å². The van der Waals surface area contributed by atoms with Crippen LogP contribution in [0.1, 0.15) is 29.5 Å². The zero-order chi connectivity index (χ0) is 17.8. The molecule has 25 heavy (non-hydrogen) atoms. The molecule has 1 saturated carbocycles. The molecule has 0 heterocycles. The summed E-state index contributed by atoms with van der Waals surface area (Å²) in [5.74, 6) is 0.616. The van der Waals surface area contributed by atoms with Crippen molar-refractivity contribution in [2.24, 2.45) is 5.92 Å². The Morgan fingerprint density at radius 1 is 1.16 bits per heavy atom. The molecule has 0 aromatic heterocycles. The lowest BCUT2D eigenvalue weighted by Gasteiger charge is -2.19. The Bertz CT molecular complexity index is 715. The summed E-state index contributed by atoms with van der Waals surface area (Å²) in [5.41, 5.74) is 1.98. The van der Waals surface area contributed by atoms with Gasteiger partial charge in [0.25, 0.3) is 0 Å². The van der Waals surface area contributed by atoms with Crippen LogP contribution in [0.5, 0.6) is 5.75 Å². The van der Waals surface area contributed by atoms with Crippen molar-refractivity contribution in [1.82, 2.24) is 5.32 Å². The molecular formula is C20H22FNO3. The quantitative estimate of drug-likeness (QED) is 0.838. The Labute approximate surface area is 147 Å². The molecule has 0 aliphatic heterocycles. The Morgan fingerprint density at radius 3 is 2.44 bits per heavy atom. The fourth-order valence-electron chi connectivity index (χ4n) is 3.07. The van der Waals surface area contributed by atoms with Crippen LogP contribution in [-0.2, 0) is 9.53 Å². The highest BCUT2D eigenvalue weighted by molar-refractivity contribution is 5.83. The van der Waals surface area contributed by atoms with Gasteiger partial charge >= 0.3 is 0 Å². The highest BCUT2D eigenvalue weighted by Crippen LogP contribution is 2.47. The molecule has 1 N–H and O–H groups in total. The van der Waals surface area contributed by atoms with Crippen LogP contribution in [0.25, 0.3) is 0 Å². The third-order valence-corrected chi connectivity index (χ3v) is 4.59. The van der Waals surface area contributed by atoms with E-state index in [-0.39, 0.29) is 29.6 Å². The first-order chi connectivity index (χ1) is 12.1. The maximum atomic E-state index is 13.0. The molecule has 0 bridgehead atoms. The summed E-state index contributed by atoms with van der Waals surface area (Å²) in [7, 11) is 3.23. The standard InChI is InChI=1S/C20H22FNO3/c1-24-12-19(14-5-9-16(25-2)10-6-14)22-20(23)18-11-17(18)13-3-7-15(21)8-4-13/h3-10,17-19H,11-12H2,1-2H3,(H,22,23). The summed E-state index contributed by atoms with van der Waals surface area (Å²) in [4.78, 5) is 12.6. The van der Waals surface area contributed by atoms with Crippen LogP contribution in [0.15, 0.2) is 48.5 Å². The van der Waals surface area contributed by atoms with Crippen LogP contribution >= 0.6 is 0 Å². The highest BCUT2D eigenvalue weighted by Gasteiger charge is 2.44. The van der Waals surface area contributed by atoms with E-state index in [9.17, 15) is 9.18 Å². The number of methoxy groups -OCH3 is 2. The lowest BCUT2D eigenvalue weighted by molar-refractivity contribution is -0.123. The maximum absolute atomic E-state index is 13.0. The molecule has 4 nitrogen and oxygen atoms in total. The van der Waals surface area contributed by atoms with Gasteiger partial charge in [0.1, 0.15) is 11.6 Å². The number of rotatable bonds is 7. The fraction of sp³-hybridized carbons (Fsp3) is 0.350. The zero-order valence-electron chi connectivity index (χ0n) is 14.4. The van der Waals surface area contributed by atoms with Gasteiger partial charge < -0.3 is 14.8 Å². The van der Waals surface area contributed by atoms with Crippen molar-refractivity contribution < 1.29 is 18.7 Å². The summed E-state index contributed by atoms with van der Waals surface area (Å²) in [6.45, 7) is 0.395. The van der Waals surface area contributed by atoms with Crippen molar-refractivity contribution >= 4 is 5.91 Å². The number of halogens is 1. The average Bonchev–Trinajstić information content (AvgIpc) is 3.43. The lowest BCUT2D eigenvalue weighted by atomic mass is 10.1. The normalized spacial score (nSPS) is 20.0. The van der Waals surface area contributed by atoms with E-state index in [4.69, 9.17) is 9.47 Å². The Morgan fingerprint density at radius 2 is 1.84 bits per heavy atom. The van der Waals surface area contributed by atoms with Crippen molar-refractivity contribution in [3.8, 4) is 5.75 Å². The molecule has 2 aromatic carbocycles. The number of nitrogens with one attached hydrogen (secondary N) is 1. The number of carbonyl (C=O) groups excluding carboxylic acids is 1. The molecule has 132 valence electrons. The van der Waals surface area contributed by atoms with Crippen molar-refractivity contribution in [2.45, 2.75) is 18.4 Å². The largest absolute Gasteiger partial charge is 0.497 e. The van der Waals surface area contributed by atoms with Crippen molar-refractivity contribution in [2.75, 3.05) is 20.8 Å². The van der Waals surface area contributed by atoms with Gasteiger partial charge in [0.05, 0.1) is 19.8 Å². The molecule has 3 atom stereocenters. The third-order valence-electron chi connectivity index (χ3n) is 4.59. The number of carbonyl (C=O) groups is 1. The number of benzene rings is 2. The van der Waals surface area contributed by atoms with E-state index in [0.29, 0.717) is 6.61 Å². The van der Waals surface area contributed by atoms with Gasteiger partial charge in [-0.1, -0.05) is 24.3 Å². The lowest BCUT2D eigenvalue weighted by Crippen LogP contribution is -2.32. The minimum Gasteiger partial charge on any atom is -0.497 e. The summed E-state index contributed by atoms with van der Waals surface area (Å²) < 4.78 is 23.4. The van der Waals surface area contributed by atoms with Crippen LogP contribution in [0.2, 0.25) is 0 Å². The maximum Gasteiger partial charge on any atom is 0.224 e. The smallest absolute Gasteiger partial charge is 0.224 e. The summed E-state index contributed by atoms with van der Waals surface area (Å²) >= 11 is 0. The van der Waals surface area contributed by atoms with E-state index in [0.717, 1.165) is 23.3 Å². The first-order valence-corrected chi connectivity index (χ1v) is 8.31.